The molecule has 2 fully saturated rings. The van der Waals surface area contributed by atoms with Crippen LogP contribution in [-0.2, 0) is 20.9 Å². The van der Waals surface area contributed by atoms with Crippen molar-refractivity contribution in [2.75, 3.05) is 6.54 Å². The number of ether oxygens (including phenoxy) is 2. The summed E-state index contributed by atoms with van der Waals surface area (Å²) in [7, 11) is 0. The average Bonchev–Trinajstić information content (AvgIpc) is 2.80. The van der Waals surface area contributed by atoms with Crippen LogP contribution in [0.1, 0.15) is 18.4 Å². The summed E-state index contributed by atoms with van der Waals surface area (Å²) in [5.41, 5.74) is 0.629. The van der Waals surface area contributed by atoms with E-state index in [1.54, 1.807) is 0 Å². The summed E-state index contributed by atoms with van der Waals surface area (Å²) in [5.74, 6) is -0.476. The third kappa shape index (κ3) is 2.72. The Labute approximate surface area is 125 Å². The first-order valence-electron chi connectivity index (χ1n) is 6.92. The van der Waals surface area contributed by atoms with Crippen molar-refractivity contribution in [2.45, 2.75) is 31.6 Å². The number of hydrogen-bond donors (Lipinski definition) is 0. The van der Waals surface area contributed by atoms with Crippen LogP contribution in [0.15, 0.2) is 24.3 Å². The minimum Gasteiger partial charge on any atom is -0.459 e. The van der Waals surface area contributed by atoms with Crippen LogP contribution in [0.5, 0.6) is 0 Å². The first kappa shape index (κ1) is 14.3. The van der Waals surface area contributed by atoms with E-state index < -0.39 is 23.0 Å². The Morgan fingerprint density at radius 2 is 2.09 bits per heavy atom. The lowest BCUT2D eigenvalue weighted by atomic mass is 10.0. The molecule has 2 heterocycles. The molecule has 0 saturated carbocycles. The molecule has 0 aromatic heterocycles. The molecule has 2 bridgehead atoms. The van der Waals surface area contributed by atoms with Gasteiger partial charge in [0.15, 0.2) is 0 Å². The SMILES string of the molecule is O=C(OCc1ccc([N+](=O)[O-])cc1)[C@H]1CC[C@@H]2CN1C(=O)O2. The molecule has 22 heavy (non-hydrogen) atoms. The van der Waals surface area contributed by atoms with Gasteiger partial charge in [0, 0.05) is 12.1 Å². The molecule has 3 rings (SSSR count). The Hall–Kier alpha value is -2.64. The van der Waals surface area contributed by atoms with Crippen LogP contribution in [0.4, 0.5) is 10.5 Å². The molecule has 2 atom stereocenters. The van der Waals surface area contributed by atoms with Crippen molar-refractivity contribution in [2.24, 2.45) is 0 Å². The molecule has 1 amide bonds. The molecule has 2 saturated heterocycles. The summed E-state index contributed by atoms with van der Waals surface area (Å²) in [4.78, 5) is 35.1. The van der Waals surface area contributed by atoms with E-state index in [-0.39, 0.29) is 18.4 Å². The van der Waals surface area contributed by atoms with Crippen LogP contribution in [0.25, 0.3) is 0 Å². The highest BCUT2D eigenvalue weighted by Crippen LogP contribution is 2.27. The maximum absolute atomic E-state index is 12.1. The van der Waals surface area contributed by atoms with Crippen molar-refractivity contribution in [3.63, 3.8) is 0 Å². The van der Waals surface area contributed by atoms with Gasteiger partial charge in [-0.1, -0.05) is 0 Å². The van der Waals surface area contributed by atoms with Crippen LogP contribution >= 0.6 is 0 Å². The highest BCUT2D eigenvalue weighted by molar-refractivity contribution is 5.83. The first-order chi connectivity index (χ1) is 10.5. The molecule has 8 heteroatoms. The Kier molecular flexibility index (Phi) is 3.66. The minimum absolute atomic E-state index is 0.0135. The molecular weight excluding hydrogens is 292 g/mol. The van der Waals surface area contributed by atoms with Crippen LogP contribution < -0.4 is 0 Å². The van der Waals surface area contributed by atoms with E-state index in [1.165, 1.54) is 29.2 Å². The fourth-order valence-electron chi connectivity index (χ4n) is 2.66. The molecule has 0 spiro atoms. The highest BCUT2D eigenvalue weighted by atomic mass is 16.6. The lowest BCUT2D eigenvalue weighted by Crippen LogP contribution is -2.45. The van der Waals surface area contributed by atoms with Gasteiger partial charge in [-0.05, 0) is 30.5 Å². The average molecular weight is 306 g/mol. The van der Waals surface area contributed by atoms with Crippen LogP contribution in [-0.4, -0.2) is 40.6 Å². The van der Waals surface area contributed by atoms with Crippen molar-refractivity contribution in [1.29, 1.82) is 0 Å². The molecule has 1 aromatic carbocycles. The molecular formula is C14H14N2O6. The number of rotatable bonds is 4. The second kappa shape index (κ2) is 5.63. The summed E-state index contributed by atoms with van der Waals surface area (Å²) < 4.78 is 10.3. The summed E-state index contributed by atoms with van der Waals surface area (Å²) >= 11 is 0. The summed E-state index contributed by atoms with van der Waals surface area (Å²) in [6.07, 6.45) is 0.584. The smallest absolute Gasteiger partial charge is 0.410 e. The number of carbonyl (C=O) groups is 2. The fraction of sp³-hybridized carbons (Fsp3) is 0.429. The van der Waals surface area contributed by atoms with Crippen molar-refractivity contribution in [3.8, 4) is 0 Å². The molecule has 8 nitrogen and oxygen atoms in total. The van der Waals surface area contributed by atoms with Gasteiger partial charge in [-0.15, -0.1) is 0 Å². The van der Waals surface area contributed by atoms with Crippen molar-refractivity contribution in [3.05, 3.63) is 39.9 Å². The standard InChI is InChI=1S/C14H14N2O6/c17-13(12-6-5-11-7-15(12)14(18)22-11)21-8-9-1-3-10(4-2-9)16(19)20/h1-4,11-12H,5-8H2/t11-,12-/m1/s1. The predicted octanol–water partition coefficient (Wildman–Crippen LogP) is 1.62. The highest BCUT2D eigenvalue weighted by Gasteiger charge is 2.44. The third-order valence-electron chi connectivity index (χ3n) is 3.84. The van der Waals surface area contributed by atoms with Gasteiger partial charge in [0.05, 0.1) is 11.5 Å². The van der Waals surface area contributed by atoms with Crippen molar-refractivity contribution >= 4 is 17.7 Å². The first-order valence-corrected chi connectivity index (χ1v) is 6.92. The maximum atomic E-state index is 12.1. The zero-order chi connectivity index (χ0) is 15.7. The second-order valence-corrected chi connectivity index (χ2v) is 5.28. The summed E-state index contributed by atoms with van der Waals surface area (Å²) in [6.45, 7) is 0.440. The quantitative estimate of drug-likeness (QED) is 0.476. The second-order valence-electron chi connectivity index (χ2n) is 5.28. The molecule has 2 aliphatic heterocycles. The van der Waals surface area contributed by atoms with Crippen molar-refractivity contribution < 1.29 is 24.0 Å². The normalized spacial score (nSPS) is 23.1. The zero-order valence-corrected chi connectivity index (χ0v) is 11.6. The molecule has 0 N–H and O–H groups in total. The topological polar surface area (TPSA) is 99.0 Å². The van der Waals surface area contributed by atoms with Gasteiger partial charge < -0.3 is 9.47 Å². The molecule has 2 aliphatic rings. The number of non-ortho nitro benzene ring substituents is 1. The van der Waals surface area contributed by atoms with Gasteiger partial charge in [0.2, 0.25) is 0 Å². The fourth-order valence-corrected chi connectivity index (χ4v) is 2.66. The van der Waals surface area contributed by atoms with E-state index in [2.05, 4.69) is 0 Å². The number of amides is 1. The Morgan fingerprint density at radius 3 is 2.77 bits per heavy atom. The minimum atomic E-state index is -0.607. The summed E-state index contributed by atoms with van der Waals surface area (Å²) in [5, 5.41) is 10.6. The maximum Gasteiger partial charge on any atom is 0.410 e. The van der Waals surface area contributed by atoms with Crippen LogP contribution in [0, 0.1) is 10.1 Å². The van der Waals surface area contributed by atoms with Gasteiger partial charge in [0.1, 0.15) is 18.8 Å². The number of nitrogens with zero attached hydrogens (tertiary/aromatic N) is 2. The largest absolute Gasteiger partial charge is 0.459 e. The third-order valence-corrected chi connectivity index (χ3v) is 3.84. The number of nitro benzene ring substituents is 1. The summed E-state index contributed by atoms with van der Waals surface area (Å²) in [6, 6.07) is 5.17. The van der Waals surface area contributed by atoms with E-state index in [4.69, 9.17) is 9.47 Å². The Morgan fingerprint density at radius 1 is 1.36 bits per heavy atom. The number of fused-ring (bicyclic) bond motifs is 2. The van der Waals surface area contributed by atoms with E-state index in [0.29, 0.717) is 24.9 Å². The molecule has 0 aliphatic carbocycles. The lowest BCUT2D eigenvalue weighted by molar-refractivity contribution is -0.384. The van der Waals surface area contributed by atoms with Gasteiger partial charge in [0.25, 0.3) is 5.69 Å². The number of esters is 1. The molecule has 1 aromatic rings. The van der Waals surface area contributed by atoms with Gasteiger partial charge in [-0.2, -0.15) is 0 Å². The predicted molar refractivity (Wildman–Crippen MR) is 72.9 cm³/mol. The van der Waals surface area contributed by atoms with E-state index in [1.807, 2.05) is 0 Å². The van der Waals surface area contributed by atoms with Gasteiger partial charge >= 0.3 is 12.1 Å². The zero-order valence-electron chi connectivity index (χ0n) is 11.6. The number of carbonyl (C=O) groups excluding carboxylic acids is 2. The van der Waals surface area contributed by atoms with Crippen LogP contribution in [0.3, 0.4) is 0 Å². The molecule has 0 unspecified atom stereocenters. The van der Waals surface area contributed by atoms with Gasteiger partial charge in [-0.3, -0.25) is 15.0 Å². The number of piperidine rings is 1. The monoisotopic (exact) mass is 306 g/mol. The Bertz CT molecular complexity index is 614. The lowest BCUT2D eigenvalue weighted by Gasteiger charge is -2.27. The Balaban J connectivity index is 1.58. The van der Waals surface area contributed by atoms with E-state index in [0.717, 1.165) is 0 Å². The number of hydrogen-bond acceptors (Lipinski definition) is 6. The van der Waals surface area contributed by atoms with Crippen molar-refractivity contribution in [1.82, 2.24) is 4.90 Å². The number of benzene rings is 1. The van der Waals surface area contributed by atoms with E-state index in [9.17, 15) is 19.7 Å². The molecule has 0 radical (unpaired) electrons. The molecule has 116 valence electrons. The van der Waals surface area contributed by atoms with Gasteiger partial charge in [-0.25, -0.2) is 9.59 Å². The van der Waals surface area contributed by atoms with Crippen LogP contribution in [0.2, 0.25) is 0 Å². The number of nitro groups is 1. The van der Waals surface area contributed by atoms with E-state index >= 15 is 0 Å².